The summed E-state index contributed by atoms with van der Waals surface area (Å²) in [4.78, 5) is 16.7. The van der Waals surface area contributed by atoms with E-state index in [1.165, 1.54) is 35.7 Å². The van der Waals surface area contributed by atoms with Gasteiger partial charge in [-0.15, -0.1) is 13.2 Å². The van der Waals surface area contributed by atoms with Gasteiger partial charge >= 0.3 is 6.36 Å². The maximum absolute atomic E-state index is 12.3. The summed E-state index contributed by atoms with van der Waals surface area (Å²) in [5.41, 5.74) is 1.70. The number of nitrogens with one attached hydrogen (secondary N) is 1. The molecule has 0 saturated carbocycles. The van der Waals surface area contributed by atoms with E-state index in [2.05, 4.69) is 20.1 Å². The topological polar surface area (TPSA) is 69.0 Å². The first kappa shape index (κ1) is 18.9. The van der Waals surface area contributed by atoms with Crippen LogP contribution in [0.25, 0.3) is 15.3 Å². The van der Waals surface area contributed by atoms with E-state index in [0.717, 1.165) is 10.2 Å². The molecule has 4 rings (SSSR count). The third-order valence-electron chi connectivity index (χ3n) is 3.84. The number of thiazole rings is 1. The molecule has 0 radical (unpaired) electrons. The number of anilines is 1. The van der Waals surface area contributed by atoms with Crippen molar-refractivity contribution in [3.05, 3.63) is 66.5 Å². The van der Waals surface area contributed by atoms with Crippen LogP contribution in [-0.4, -0.2) is 27.0 Å². The standard InChI is InChI=1S/C19H13F3N4O2S/c20-19(21,22)28-14-5-3-4-12(8-14)9-17(27)24-13-10-23-26(11-13)18-25-15-6-1-2-7-16(15)29-18/h1-8,10-11H,9H2,(H,24,27). The van der Waals surface area contributed by atoms with Crippen molar-refractivity contribution < 1.29 is 22.7 Å². The van der Waals surface area contributed by atoms with Crippen molar-refractivity contribution >= 4 is 33.1 Å². The van der Waals surface area contributed by atoms with Crippen LogP contribution >= 0.6 is 11.3 Å². The quantitative estimate of drug-likeness (QED) is 0.516. The number of hydrogen-bond acceptors (Lipinski definition) is 5. The lowest BCUT2D eigenvalue weighted by atomic mass is 10.1. The molecule has 0 fully saturated rings. The smallest absolute Gasteiger partial charge is 0.406 e. The van der Waals surface area contributed by atoms with Gasteiger partial charge in [0.1, 0.15) is 5.75 Å². The predicted molar refractivity (Wildman–Crippen MR) is 102 cm³/mol. The molecule has 1 N–H and O–H groups in total. The molecular formula is C19H13F3N4O2S. The SMILES string of the molecule is O=C(Cc1cccc(OC(F)(F)F)c1)Nc1cnn(-c2nc3ccccc3s2)c1. The molecule has 2 heterocycles. The van der Waals surface area contributed by atoms with Gasteiger partial charge in [-0.3, -0.25) is 4.79 Å². The second kappa shape index (κ2) is 7.55. The Morgan fingerprint density at radius 1 is 1.17 bits per heavy atom. The molecule has 0 saturated heterocycles. The van der Waals surface area contributed by atoms with Crippen molar-refractivity contribution in [2.24, 2.45) is 0 Å². The van der Waals surface area contributed by atoms with Crippen LogP contribution in [0, 0.1) is 0 Å². The Morgan fingerprint density at radius 2 is 2.00 bits per heavy atom. The van der Waals surface area contributed by atoms with Gasteiger partial charge in [0.25, 0.3) is 0 Å². The Hall–Kier alpha value is -3.40. The summed E-state index contributed by atoms with van der Waals surface area (Å²) in [5, 5.41) is 7.53. The van der Waals surface area contributed by atoms with Crippen molar-refractivity contribution in [2.45, 2.75) is 12.8 Å². The van der Waals surface area contributed by atoms with Crippen molar-refractivity contribution in [1.82, 2.24) is 14.8 Å². The molecule has 4 aromatic rings. The Labute approximate surface area is 166 Å². The minimum Gasteiger partial charge on any atom is -0.406 e. The van der Waals surface area contributed by atoms with Crippen LogP contribution in [0.15, 0.2) is 60.9 Å². The molecule has 2 aromatic carbocycles. The highest BCUT2D eigenvalue weighted by molar-refractivity contribution is 7.20. The van der Waals surface area contributed by atoms with Gasteiger partial charge in [0.2, 0.25) is 11.0 Å². The number of amides is 1. The first-order valence-corrected chi connectivity index (χ1v) is 9.22. The molecule has 10 heteroatoms. The number of para-hydroxylation sites is 1. The first-order valence-electron chi connectivity index (χ1n) is 8.41. The molecule has 148 valence electrons. The Morgan fingerprint density at radius 3 is 2.79 bits per heavy atom. The monoisotopic (exact) mass is 418 g/mol. The molecule has 0 aliphatic carbocycles. The lowest BCUT2D eigenvalue weighted by Gasteiger charge is -2.10. The number of nitrogens with zero attached hydrogens (tertiary/aromatic N) is 3. The van der Waals surface area contributed by atoms with Gasteiger partial charge in [0, 0.05) is 0 Å². The van der Waals surface area contributed by atoms with Crippen LogP contribution in [-0.2, 0) is 11.2 Å². The molecule has 0 aliphatic rings. The molecule has 0 atom stereocenters. The third kappa shape index (κ3) is 4.72. The van der Waals surface area contributed by atoms with Gasteiger partial charge in [-0.25, -0.2) is 9.67 Å². The van der Waals surface area contributed by atoms with Crippen LogP contribution in [0.1, 0.15) is 5.56 Å². The summed E-state index contributed by atoms with van der Waals surface area (Å²) in [6.45, 7) is 0. The Bertz CT molecular complexity index is 1140. The van der Waals surface area contributed by atoms with Gasteiger partial charge in [0.05, 0.1) is 34.7 Å². The number of alkyl halides is 3. The molecule has 0 bridgehead atoms. The summed E-state index contributed by atoms with van der Waals surface area (Å²) >= 11 is 1.46. The van der Waals surface area contributed by atoms with Crippen LogP contribution in [0.5, 0.6) is 5.75 Å². The number of benzene rings is 2. The zero-order chi connectivity index (χ0) is 20.4. The van der Waals surface area contributed by atoms with E-state index in [-0.39, 0.29) is 12.2 Å². The Balaban J connectivity index is 1.42. The zero-order valence-corrected chi connectivity index (χ0v) is 15.5. The van der Waals surface area contributed by atoms with E-state index in [1.54, 1.807) is 16.9 Å². The number of ether oxygens (including phenoxy) is 1. The number of hydrogen-bond donors (Lipinski definition) is 1. The molecule has 2 aromatic heterocycles. The lowest BCUT2D eigenvalue weighted by Crippen LogP contribution is -2.17. The highest BCUT2D eigenvalue weighted by atomic mass is 32.1. The summed E-state index contributed by atoms with van der Waals surface area (Å²) in [5.74, 6) is -0.760. The molecule has 0 aliphatic heterocycles. The second-order valence-corrected chi connectivity index (χ2v) is 7.07. The summed E-state index contributed by atoms with van der Waals surface area (Å²) < 4.78 is 43.4. The normalized spacial score (nSPS) is 11.6. The summed E-state index contributed by atoms with van der Waals surface area (Å²) in [6, 6.07) is 13.0. The number of fused-ring (bicyclic) bond motifs is 1. The summed E-state index contributed by atoms with van der Waals surface area (Å²) in [7, 11) is 0. The fourth-order valence-electron chi connectivity index (χ4n) is 2.69. The average Bonchev–Trinajstić information content (AvgIpc) is 3.26. The van der Waals surface area contributed by atoms with E-state index in [9.17, 15) is 18.0 Å². The maximum Gasteiger partial charge on any atom is 0.573 e. The van der Waals surface area contributed by atoms with Gasteiger partial charge in [-0.05, 0) is 29.8 Å². The van der Waals surface area contributed by atoms with Crippen LogP contribution in [0.4, 0.5) is 18.9 Å². The number of carbonyl (C=O) groups is 1. The fourth-order valence-corrected chi connectivity index (χ4v) is 3.59. The average molecular weight is 418 g/mol. The van der Waals surface area contributed by atoms with Gasteiger partial charge in [-0.2, -0.15) is 5.10 Å². The largest absolute Gasteiger partial charge is 0.573 e. The first-order chi connectivity index (χ1) is 13.9. The van der Waals surface area contributed by atoms with Crippen molar-refractivity contribution in [3.63, 3.8) is 0 Å². The number of rotatable bonds is 5. The molecule has 1 amide bonds. The highest BCUT2D eigenvalue weighted by Gasteiger charge is 2.31. The number of carbonyl (C=O) groups excluding carboxylic acids is 1. The van der Waals surface area contributed by atoms with E-state index in [0.29, 0.717) is 16.4 Å². The van der Waals surface area contributed by atoms with Crippen LogP contribution < -0.4 is 10.1 Å². The minimum atomic E-state index is -4.78. The molecule has 0 spiro atoms. The molecule has 6 nitrogen and oxygen atoms in total. The fraction of sp³-hybridized carbons (Fsp3) is 0.105. The number of aromatic nitrogens is 3. The molecule has 29 heavy (non-hydrogen) atoms. The van der Waals surface area contributed by atoms with E-state index in [4.69, 9.17) is 0 Å². The van der Waals surface area contributed by atoms with Gasteiger partial charge in [-0.1, -0.05) is 35.6 Å². The Kier molecular flexibility index (Phi) is 4.93. The summed E-state index contributed by atoms with van der Waals surface area (Å²) in [6.07, 6.45) is -1.79. The van der Waals surface area contributed by atoms with Gasteiger partial charge < -0.3 is 10.1 Å². The maximum atomic E-state index is 12.3. The third-order valence-corrected chi connectivity index (χ3v) is 4.87. The van der Waals surface area contributed by atoms with Crippen molar-refractivity contribution in [3.8, 4) is 10.9 Å². The van der Waals surface area contributed by atoms with Gasteiger partial charge in [0.15, 0.2) is 0 Å². The van der Waals surface area contributed by atoms with E-state index in [1.807, 2.05) is 24.3 Å². The van der Waals surface area contributed by atoms with Crippen LogP contribution in [0.3, 0.4) is 0 Å². The number of halogens is 3. The highest BCUT2D eigenvalue weighted by Crippen LogP contribution is 2.25. The lowest BCUT2D eigenvalue weighted by molar-refractivity contribution is -0.274. The molecular weight excluding hydrogens is 405 g/mol. The minimum absolute atomic E-state index is 0.110. The van der Waals surface area contributed by atoms with E-state index >= 15 is 0 Å². The molecule has 0 unspecified atom stereocenters. The van der Waals surface area contributed by atoms with Crippen molar-refractivity contribution in [2.75, 3.05) is 5.32 Å². The van der Waals surface area contributed by atoms with Crippen LogP contribution in [0.2, 0.25) is 0 Å². The second-order valence-electron chi connectivity index (χ2n) is 6.06. The zero-order valence-electron chi connectivity index (χ0n) is 14.7. The van der Waals surface area contributed by atoms with Crippen molar-refractivity contribution in [1.29, 1.82) is 0 Å². The van der Waals surface area contributed by atoms with E-state index < -0.39 is 12.3 Å². The predicted octanol–water partition coefficient (Wildman–Crippen LogP) is 4.56.